The van der Waals surface area contributed by atoms with E-state index in [9.17, 15) is 0 Å². The molecule has 0 aliphatic carbocycles. The average Bonchev–Trinajstić information content (AvgIpc) is 2.98. The minimum Gasteiger partial charge on any atom is -0.361 e. The molecule has 1 aromatic carbocycles. The van der Waals surface area contributed by atoms with Gasteiger partial charge in [-0.05, 0) is 32.0 Å². The topological polar surface area (TPSA) is 64.7 Å². The van der Waals surface area contributed by atoms with E-state index >= 15 is 0 Å². The summed E-state index contributed by atoms with van der Waals surface area (Å²) in [4.78, 5) is 13.6. The highest BCUT2D eigenvalue weighted by molar-refractivity contribution is 7.98. The van der Waals surface area contributed by atoms with E-state index in [0.29, 0.717) is 5.82 Å². The summed E-state index contributed by atoms with van der Waals surface area (Å²) in [7, 11) is 0. The molecule has 124 valence electrons. The molecule has 4 aromatic rings. The van der Waals surface area contributed by atoms with Crippen LogP contribution in [-0.4, -0.2) is 20.1 Å². The fraction of sp³-hybridized carbons (Fsp3) is 0.158. The van der Waals surface area contributed by atoms with Crippen LogP contribution in [0.3, 0.4) is 0 Å². The third kappa shape index (κ3) is 3.13. The first-order valence-electron chi connectivity index (χ1n) is 7.94. The second kappa shape index (κ2) is 6.64. The Hall–Kier alpha value is -2.73. The number of hydrogen-bond acceptors (Lipinski definition) is 6. The Morgan fingerprint density at radius 1 is 1.00 bits per heavy atom. The first-order chi connectivity index (χ1) is 12.2. The van der Waals surface area contributed by atoms with E-state index in [4.69, 9.17) is 14.5 Å². The zero-order valence-electron chi connectivity index (χ0n) is 13.9. The highest BCUT2D eigenvalue weighted by Crippen LogP contribution is 2.31. The lowest BCUT2D eigenvalue weighted by atomic mass is 10.2. The molecule has 0 unspecified atom stereocenters. The molecule has 0 saturated carbocycles. The molecular formula is C19H16N4OS. The fourth-order valence-corrected chi connectivity index (χ4v) is 3.81. The molecule has 0 atom stereocenters. The van der Waals surface area contributed by atoms with Crippen molar-refractivity contribution in [1.29, 1.82) is 0 Å². The number of fused-ring (bicyclic) bond motifs is 1. The van der Waals surface area contributed by atoms with Gasteiger partial charge in [0.2, 0.25) is 0 Å². The van der Waals surface area contributed by atoms with Gasteiger partial charge in [0.1, 0.15) is 10.8 Å². The third-order valence-electron chi connectivity index (χ3n) is 4.04. The summed E-state index contributed by atoms with van der Waals surface area (Å²) in [5.41, 5.74) is 3.95. The number of para-hydroxylation sites is 1. The lowest BCUT2D eigenvalue weighted by Crippen LogP contribution is -1.95. The molecule has 0 aliphatic rings. The van der Waals surface area contributed by atoms with Crippen LogP contribution in [0.1, 0.15) is 17.0 Å². The molecule has 0 bridgehead atoms. The predicted octanol–water partition coefficient (Wildman–Crippen LogP) is 4.59. The van der Waals surface area contributed by atoms with Crippen LogP contribution in [0.4, 0.5) is 0 Å². The lowest BCUT2D eigenvalue weighted by molar-refractivity contribution is 0.392. The number of pyridine rings is 1. The van der Waals surface area contributed by atoms with E-state index in [1.54, 1.807) is 24.2 Å². The minimum atomic E-state index is 0.711. The van der Waals surface area contributed by atoms with Gasteiger partial charge >= 0.3 is 0 Å². The normalized spacial score (nSPS) is 11.1. The van der Waals surface area contributed by atoms with Gasteiger partial charge in [-0.2, -0.15) is 0 Å². The SMILES string of the molecule is Cc1noc(C)c1CSc1nc(-c2ccncc2)nc2ccccc12. The van der Waals surface area contributed by atoms with Gasteiger partial charge in [-0.15, -0.1) is 11.8 Å². The van der Waals surface area contributed by atoms with Crippen molar-refractivity contribution in [2.24, 2.45) is 0 Å². The molecule has 0 amide bonds. The third-order valence-corrected chi connectivity index (χ3v) is 5.06. The lowest BCUT2D eigenvalue weighted by Gasteiger charge is -2.08. The van der Waals surface area contributed by atoms with Crippen LogP contribution in [0.2, 0.25) is 0 Å². The molecule has 25 heavy (non-hydrogen) atoms. The second-order valence-electron chi connectivity index (χ2n) is 5.70. The van der Waals surface area contributed by atoms with Crippen molar-refractivity contribution in [1.82, 2.24) is 20.1 Å². The average molecular weight is 348 g/mol. The van der Waals surface area contributed by atoms with E-state index in [-0.39, 0.29) is 0 Å². The Morgan fingerprint density at radius 2 is 1.80 bits per heavy atom. The summed E-state index contributed by atoms with van der Waals surface area (Å²) in [5, 5.41) is 6.04. The monoisotopic (exact) mass is 348 g/mol. The number of aryl methyl sites for hydroxylation is 2. The van der Waals surface area contributed by atoms with Crippen molar-refractivity contribution < 1.29 is 4.52 Å². The zero-order valence-corrected chi connectivity index (χ0v) is 14.7. The van der Waals surface area contributed by atoms with Crippen LogP contribution in [-0.2, 0) is 5.75 Å². The molecule has 4 rings (SSSR count). The Morgan fingerprint density at radius 3 is 2.56 bits per heavy atom. The number of aromatic nitrogens is 4. The Balaban J connectivity index is 1.76. The molecule has 6 heteroatoms. The van der Waals surface area contributed by atoms with Crippen LogP contribution in [0.5, 0.6) is 0 Å². The fourth-order valence-electron chi connectivity index (χ4n) is 2.64. The van der Waals surface area contributed by atoms with Crippen LogP contribution in [0.25, 0.3) is 22.3 Å². The number of hydrogen-bond donors (Lipinski definition) is 0. The molecule has 0 saturated heterocycles. The summed E-state index contributed by atoms with van der Waals surface area (Å²) in [5.74, 6) is 2.33. The number of nitrogens with zero attached hydrogens (tertiary/aromatic N) is 4. The zero-order chi connectivity index (χ0) is 17.2. The first kappa shape index (κ1) is 15.8. The van der Waals surface area contributed by atoms with Gasteiger partial charge in [0.15, 0.2) is 5.82 Å². The van der Waals surface area contributed by atoms with Crippen molar-refractivity contribution in [3.05, 3.63) is 65.8 Å². The minimum absolute atomic E-state index is 0.711. The van der Waals surface area contributed by atoms with Crippen molar-refractivity contribution in [2.45, 2.75) is 24.6 Å². The van der Waals surface area contributed by atoms with Gasteiger partial charge in [0.05, 0.1) is 11.2 Å². The standard InChI is InChI=1S/C19H16N4OS/c1-12-16(13(2)24-23-12)11-25-19-15-5-3-4-6-17(15)21-18(22-19)14-7-9-20-10-8-14/h3-10H,11H2,1-2H3. The van der Waals surface area contributed by atoms with E-state index in [1.165, 1.54) is 0 Å². The highest BCUT2D eigenvalue weighted by atomic mass is 32.2. The molecular weight excluding hydrogens is 332 g/mol. The summed E-state index contributed by atoms with van der Waals surface area (Å²) in [6.45, 7) is 3.91. The van der Waals surface area contributed by atoms with Gasteiger partial charge in [0, 0.05) is 34.7 Å². The highest BCUT2D eigenvalue weighted by Gasteiger charge is 2.13. The largest absolute Gasteiger partial charge is 0.361 e. The molecule has 0 aliphatic heterocycles. The van der Waals surface area contributed by atoms with Crippen molar-refractivity contribution in [2.75, 3.05) is 0 Å². The molecule has 5 nitrogen and oxygen atoms in total. The van der Waals surface area contributed by atoms with Crippen LogP contribution < -0.4 is 0 Å². The van der Waals surface area contributed by atoms with Gasteiger partial charge in [-0.3, -0.25) is 4.98 Å². The van der Waals surface area contributed by atoms with Crippen LogP contribution in [0.15, 0.2) is 58.3 Å². The van der Waals surface area contributed by atoms with Crippen molar-refractivity contribution in [3.63, 3.8) is 0 Å². The Labute approximate surface area is 149 Å². The predicted molar refractivity (Wildman–Crippen MR) is 98.3 cm³/mol. The molecule has 3 aromatic heterocycles. The Bertz CT molecular complexity index is 1010. The molecule has 3 heterocycles. The maximum atomic E-state index is 5.26. The van der Waals surface area contributed by atoms with Crippen molar-refractivity contribution >= 4 is 22.7 Å². The second-order valence-corrected chi connectivity index (χ2v) is 6.66. The Kier molecular flexibility index (Phi) is 4.19. The molecule has 0 N–H and O–H groups in total. The van der Waals surface area contributed by atoms with E-state index in [1.807, 2.05) is 44.2 Å². The smallest absolute Gasteiger partial charge is 0.161 e. The van der Waals surface area contributed by atoms with E-state index < -0.39 is 0 Å². The van der Waals surface area contributed by atoms with Crippen molar-refractivity contribution in [3.8, 4) is 11.4 Å². The van der Waals surface area contributed by atoms with Gasteiger partial charge < -0.3 is 4.52 Å². The summed E-state index contributed by atoms with van der Waals surface area (Å²) in [6, 6.07) is 11.9. The van der Waals surface area contributed by atoms with Crippen LogP contribution >= 0.6 is 11.8 Å². The van der Waals surface area contributed by atoms with E-state index in [2.05, 4.69) is 16.2 Å². The number of thioether (sulfide) groups is 1. The summed E-state index contributed by atoms with van der Waals surface area (Å²) in [6.07, 6.45) is 3.51. The number of rotatable bonds is 4. The maximum Gasteiger partial charge on any atom is 0.161 e. The quantitative estimate of drug-likeness (QED) is 0.397. The van der Waals surface area contributed by atoms with Gasteiger partial charge in [-0.25, -0.2) is 9.97 Å². The summed E-state index contributed by atoms with van der Waals surface area (Å²) < 4.78 is 5.26. The maximum absolute atomic E-state index is 5.26. The van der Waals surface area contributed by atoms with Gasteiger partial charge in [0.25, 0.3) is 0 Å². The van der Waals surface area contributed by atoms with Gasteiger partial charge in [-0.1, -0.05) is 23.4 Å². The number of benzene rings is 1. The summed E-state index contributed by atoms with van der Waals surface area (Å²) >= 11 is 1.68. The molecule has 0 radical (unpaired) electrons. The molecule has 0 spiro atoms. The van der Waals surface area contributed by atoms with E-state index in [0.717, 1.165) is 44.3 Å². The first-order valence-corrected chi connectivity index (χ1v) is 8.92. The molecule has 0 fully saturated rings. The van der Waals surface area contributed by atoms with Crippen LogP contribution in [0, 0.1) is 13.8 Å².